The van der Waals surface area contributed by atoms with Gasteiger partial charge in [-0.2, -0.15) is 0 Å². The van der Waals surface area contributed by atoms with Crippen molar-refractivity contribution in [2.24, 2.45) is 0 Å². The molecule has 1 aromatic rings. The summed E-state index contributed by atoms with van der Waals surface area (Å²) in [5.74, 6) is 1.38. The minimum atomic E-state index is -0.716. The van der Waals surface area contributed by atoms with E-state index in [1.165, 1.54) is 0 Å². The maximum absolute atomic E-state index is 11.2. The van der Waals surface area contributed by atoms with Crippen molar-refractivity contribution in [1.29, 1.82) is 0 Å². The molecule has 0 amide bonds. The SMILES string of the molecule is CCS(=O)CCNCc1cccc(Cl)c1Cl. The Kier molecular flexibility index (Phi) is 6.36. The Hall–Kier alpha value is -0.0900. The lowest BCUT2D eigenvalue weighted by Gasteiger charge is -2.07. The lowest BCUT2D eigenvalue weighted by molar-refractivity contribution is 0.674. The number of hydrogen-bond acceptors (Lipinski definition) is 2. The summed E-state index contributed by atoms with van der Waals surface area (Å²) in [5, 5.41) is 4.36. The molecule has 1 N–H and O–H groups in total. The van der Waals surface area contributed by atoms with Crippen molar-refractivity contribution in [1.82, 2.24) is 5.32 Å². The van der Waals surface area contributed by atoms with Crippen molar-refractivity contribution in [3.8, 4) is 0 Å². The third-order valence-corrected chi connectivity index (χ3v) is 4.34. The Morgan fingerprint density at radius 1 is 1.38 bits per heavy atom. The van der Waals surface area contributed by atoms with Gasteiger partial charge in [0.05, 0.1) is 10.0 Å². The Morgan fingerprint density at radius 3 is 2.81 bits per heavy atom. The molecule has 0 heterocycles. The van der Waals surface area contributed by atoms with Gasteiger partial charge in [-0.15, -0.1) is 0 Å². The fourth-order valence-electron chi connectivity index (χ4n) is 1.24. The van der Waals surface area contributed by atoms with Gasteiger partial charge in [-0.3, -0.25) is 4.21 Å². The minimum absolute atomic E-state index is 0.568. The van der Waals surface area contributed by atoms with Crippen molar-refractivity contribution in [2.75, 3.05) is 18.1 Å². The first kappa shape index (κ1) is 14.0. The van der Waals surface area contributed by atoms with E-state index >= 15 is 0 Å². The van der Waals surface area contributed by atoms with Crippen molar-refractivity contribution in [2.45, 2.75) is 13.5 Å². The van der Waals surface area contributed by atoms with Crippen molar-refractivity contribution < 1.29 is 4.21 Å². The van der Waals surface area contributed by atoms with Crippen LogP contribution in [0.15, 0.2) is 18.2 Å². The molecule has 0 saturated heterocycles. The molecule has 0 saturated carbocycles. The number of hydrogen-bond donors (Lipinski definition) is 1. The van der Waals surface area contributed by atoms with Crippen LogP contribution in [-0.2, 0) is 17.3 Å². The quantitative estimate of drug-likeness (QED) is 0.812. The largest absolute Gasteiger partial charge is 0.312 e. The second-order valence-electron chi connectivity index (χ2n) is 3.32. The highest BCUT2D eigenvalue weighted by atomic mass is 35.5. The van der Waals surface area contributed by atoms with Gasteiger partial charge in [-0.25, -0.2) is 0 Å². The molecule has 1 atom stereocenters. The van der Waals surface area contributed by atoms with Crippen LogP contribution in [0.3, 0.4) is 0 Å². The predicted octanol–water partition coefficient (Wildman–Crippen LogP) is 2.85. The van der Waals surface area contributed by atoms with E-state index in [9.17, 15) is 4.21 Å². The zero-order chi connectivity index (χ0) is 12.0. The molecule has 0 spiro atoms. The molecular formula is C11H15Cl2NOS. The average Bonchev–Trinajstić information content (AvgIpc) is 2.29. The number of nitrogens with one attached hydrogen (secondary N) is 1. The van der Waals surface area contributed by atoms with E-state index < -0.39 is 10.8 Å². The van der Waals surface area contributed by atoms with Gasteiger partial charge < -0.3 is 5.32 Å². The maximum atomic E-state index is 11.2. The second kappa shape index (κ2) is 7.28. The van der Waals surface area contributed by atoms with Gasteiger partial charge in [0.25, 0.3) is 0 Å². The zero-order valence-electron chi connectivity index (χ0n) is 9.13. The third kappa shape index (κ3) is 4.42. The average molecular weight is 280 g/mol. The summed E-state index contributed by atoms with van der Waals surface area (Å²) >= 11 is 11.9. The van der Waals surface area contributed by atoms with E-state index in [0.29, 0.717) is 28.1 Å². The van der Waals surface area contributed by atoms with Crippen LogP contribution < -0.4 is 5.32 Å². The van der Waals surface area contributed by atoms with E-state index in [1.807, 2.05) is 19.1 Å². The minimum Gasteiger partial charge on any atom is -0.312 e. The van der Waals surface area contributed by atoms with Crippen molar-refractivity contribution in [3.63, 3.8) is 0 Å². The first-order chi connectivity index (χ1) is 7.65. The number of halogens is 2. The molecule has 0 aliphatic rings. The highest BCUT2D eigenvalue weighted by Gasteiger charge is 2.03. The highest BCUT2D eigenvalue weighted by Crippen LogP contribution is 2.25. The summed E-state index contributed by atoms with van der Waals surface area (Å²) in [7, 11) is -0.716. The molecule has 1 aromatic carbocycles. The molecule has 0 bridgehead atoms. The van der Waals surface area contributed by atoms with Gasteiger partial charge in [0, 0.05) is 35.4 Å². The monoisotopic (exact) mass is 279 g/mol. The van der Waals surface area contributed by atoms with E-state index in [4.69, 9.17) is 23.2 Å². The normalized spacial score (nSPS) is 12.7. The Labute approximate surface area is 109 Å². The van der Waals surface area contributed by atoms with Gasteiger partial charge in [-0.05, 0) is 11.6 Å². The molecule has 16 heavy (non-hydrogen) atoms. The molecule has 0 fully saturated rings. The standard InChI is InChI=1S/C11H15Cl2NOS/c1-2-16(15)7-6-14-8-9-4-3-5-10(12)11(9)13/h3-5,14H,2,6-8H2,1H3. The van der Waals surface area contributed by atoms with Crippen LogP contribution in [0.1, 0.15) is 12.5 Å². The topological polar surface area (TPSA) is 29.1 Å². The van der Waals surface area contributed by atoms with Crippen LogP contribution in [0, 0.1) is 0 Å². The number of benzene rings is 1. The molecule has 0 aromatic heterocycles. The van der Waals surface area contributed by atoms with Gasteiger partial charge >= 0.3 is 0 Å². The van der Waals surface area contributed by atoms with Gasteiger partial charge in [0.1, 0.15) is 0 Å². The number of rotatable bonds is 6. The van der Waals surface area contributed by atoms with Crippen LogP contribution in [0.4, 0.5) is 0 Å². The molecule has 0 aliphatic heterocycles. The fourth-order valence-corrected chi connectivity index (χ4v) is 2.29. The molecule has 1 unspecified atom stereocenters. The summed E-state index contributed by atoms with van der Waals surface area (Å²) in [6, 6.07) is 5.56. The van der Waals surface area contributed by atoms with Gasteiger partial charge in [0.15, 0.2) is 0 Å². The van der Waals surface area contributed by atoms with E-state index in [0.717, 1.165) is 12.1 Å². The van der Waals surface area contributed by atoms with E-state index in [1.54, 1.807) is 6.07 Å². The smallest absolute Gasteiger partial charge is 0.0637 e. The summed E-state index contributed by atoms with van der Waals surface area (Å²) < 4.78 is 11.2. The highest BCUT2D eigenvalue weighted by molar-refractivity contribution is 7.84. The summed E-state index contributed by atoms with van der Waals surface area (Å²) in [4.78, 5) is 0. The molecule has 5 heteroatoms. The molecule has 90 valence electrons. The zero-order valence-corrected chi connectivity index (χ0v) is 11.5. The Morgan fingerprint density at radius 2 is 2.12 bits per heavy atom. The van der Waals surface area contributed by atoms with E-state index in [-0.39, 0.29) is 0 Å². The first-order valence-electron chi connectivity index (χ1n) is 5.13. The second-order valence-corrected chi connectivity index (χ2v) is 5.97. The Balaban J connectivity index is 2.38. The first-order valence-corrected chi connectivity index (χ1v) is 7.38. The van der Waals surface area contributed by atoms with Crippen LogP contribution in [0.2, 0.25) is 10.0 Å². The maximum Gasteiger partial charge on any atom is 0.0637 e. The lowest BCUT2D eigenvalue weighted by atomic mass is 10.2. The molecule has 2 nitrogen and oxygen atoms in total. The van der Waals surface area contributed by atoms with E-state index in [2.05, 4.69) is 5.32 Å². The Bertz CT molecular complexity index is 371. The summed E-state index contributed by atoms with van der Waals surface area (Å²) in [5.41, 5.74) is 0.969. The van der Waals surface area contributed by atoms with Crippen LogP contribution >= 0.6 is 23.2 Å². The van der Waals surface area contributed by atoms with Gasteiger partial charge in [-0.1, -0.05) is 42.3 Å². The van der Waals surface area contributed by atoms with Crippen LogP contribution in [0.5, 0.6) is 0 Å². The third-order valence-electron chi connectivity index (χ3n) is 2.18. The lowest BCUT2D eigenvalue weighted by Crippen LogP contribution is -2.20. The summed E-state index contributed by atoms with van der Waals surface area (Å²) in [6.45, 7) is 3.30. The summed E-state index contributed by atoms with van der Waals surface area (Å²) in [6.07, 6.45) is 0. The van der Waals surface area contributed by atoms with Crippen molar-refractivity contribution >= 4 is 34.0 Å². The molecule has 0 aliphatic carbocycles. The van der Waals surface area contributed by atoms with Crippen molar-refractivity contribution in [3.05, 3.63) is 33.8 Å². The fraction of sp³-hybridized carbons (Fsp3) is 0.455. The molecule has 0 radical (unpaired) electrons. The van der Waals surface area contributed by atoms with Gasteiger partial charge in [0.2, 0.25) is 0 Å². The molecular weight excluding hydrogens is 265 g/mol. The van der Waals surface area contributed by atoms with Crippen LogP contribution in [-0.4, -0.2) is 22.3 Å². The predicted molar refractivity (Wildman–Crippen MR) is 71.7 cm³/mol. The molecule has 1 rings (SSSR count). The van der Waals surface area contributed by atoms with Crippen LogP contribution in [0.25, 0.3) is 0 Å².